The van der Waals surface area contributed by atoms with Gasteiger partial charge in [0.05, 0.1) is 0 Å². The van der Waals surface area contributed by atoms with Gasteiger partial charge in [-0.05, 0) is 80.4 Å². The minimum absolute atomic E-state index is 0.0405. The average molecular weight is 358 g/mol. The summed E-state index contributed by atoms with van der Waals surface area (Å²) in [6.07, 6.45) is 7.09. The van der Waals surface area contributed by atoms with Gasteiger partial charge in [0.25, 0.3) is 0 Å². The van der Waals surface area contributed by atoms with Crippen LogP contribution < -0.4 is 0 Å². The zero-order valence-corrected chi connectivity index (χ0v) is 15.7. The number of halogens is 1. The summed E-state index contributed by atoms with van der Waals surface area (Å²) in [6, 6.07) is 0. The zero-order valence-electron chi connectivity index (χ0n) is 15.7. The highest BCUT2D eigenvalue weighted by molar-refractivity contribution is 5.97. The van der Waals surface area contributed by atoms with Crippen molar-refractivity contribution in [3.63, 3.8) is 0 Å². The summed E-state index contributed by atoms with van der Waals surface area (Å²) in [5.74, 6) is 0.503. The van der Waals surface area contributed by atoms with E-state index in [9.17, 15) is 14.7 Å². The van der Waals surface area contributed by atoms with E-state index >= 15 is 4.39 Å². The van der Waals surface area contributed by atoms with Crippen LogP contribution in [0.1, 0.15) is 52.9 Å². The molecule has 0 heterocycles. The fraction of sp³-hybridized carbons (Fsp3) is 0.727. The highest BCUT2D eigenvalue weighted by atomic mass is 19.1. The van der Waals surface area contributed by atoms with E-state index in [4.69, 9.17) is 0 Å². The lowest BCUT2D eigenvalue weighted by molar-refractivity contribution is -0.157. The SMILES string of the molecule is CC(=O)[C@@]1(O)CC[C@H]2[C@@H]3C=C(F)C4=CC(=O)[C@H]5C[C@H]5[C@@]4(C)[C@@H]3CC[C@@]21C. The lowest BCUT2D eigenvalue weighted by Gasteiger charge is -2.57. The predicted octanol–water partition coefficient (Wildman–Crippen LogP) is 3.77. The molecular weight excluding hydrogens is 331 g/mol. The van der Waals surface area contributed by atoms with E-state index in [-0.39, 0.29) is 46.5 Å². The molecule has 0 bridgehead atoms. The van der Waals surface area contributed by atoms with E-state index in [1.807, 2.05) is 6.92 Å². The molecule has 0 saturated heterocycles. The normalized spacial score (nSPS) is 54.3. The number of aliphatic hydroxyl groups is 1. The van der Waals surface area contributed by atoms with Gasteiger partial charge in [-0.1, -0.05) is 13.8 Å². The van der Waals surface area contributed by atoms with Gasteiger partial charge in [0.2, 0.25) is 0 Å². The Morgan fingerprint density at radius 1 is 1.19 bits per heavy atom. The number of hydrogen-bond donors (Lipinski definition) is 1. The number of rotatable bonds is 1. The molecule has 0 unspecified atom stereocenters. The maximum absolute atomic E-state index is 15.1. The lowest BCUT2D eigenvalue weighted by atomic mass is 9.47. The van der Waals surface area contributed by atoms with Crippen LogP contribution in [0.15, 0.2) is 23.6 Å². The molecule has 3 nitrogen and oxygen atoms in total. The molecule has 0 aliphatic heterocycles. The van der Waals surface area contributed by atoms with Crippen molar-refractivity contribution in [1.82, 2.24) is 0 Å². The summed E-state index contributed by atoms with van der Waals surface area (Å²) >= 11 is 0. The summed E-state index contributed by atoms with van der Waals surface area (Å²) in [7, 11) is 0. The molecule has 0 spiro atoms. The number of hydrogen-bond acceptors (Lipinski definition) is 3. The van der Waals surface area contributed by atoms with E-state index in [2.05, 4.69) is 6.92 Å². The highest BCUT2D eigenvalue weighted by Gasteiger charge is 2.69. The van der Waals surface area contributed by atoms with Crippen molar-refractivity contribution >= 4 is 11.6 Å². The monoisotopic (exact) mass is 358 g/mol. The third-order valence-corrected chi connectivity index (χ3v) is 9.23. The summed E-state index contributed by atoms with van der Waals surface area (Å²) in [5.41, 5.74) is -1.43. The maximum atomic E-state index is 15.1. The second-order valence-electron chi connectivity index (χ2n) is 9.91. The van der Waals surface area contributed by atoms with Crippen LogP contribution in [0.3, 0.4) is 0 Å². The first-order valence-electron chi connectivity index (χ1n) is 10.0. The average Bonchev–Trinajstić information content (AvgIpc) is 3.33. The Labute approximate surface area is 153 Å². The molecule has 0 aromatic rings. The molecule has 5 aliphatic rings. The van der Waals surface area contributed by atoms with E-state index in [1.54, 1.807) is 12.2 Å². The third kappa shape index (κ3) is 1.68. The van der Waals surface area contributed by atoms with Gasteiger partial charge in [0.1, 0.15) is 11.4 Å². The Hall–Kier alpha value is -1.29. The second-order valence-corrected chi connectivity index (χ2v) is 9.91. The molecule has 4 heteroatoms. The van der Waals surface area contributed by atoms with Crippen LogP contribution in [0.4, 0.5) is 4.39 Å². The molecule has 0 radical (unpaired) electrons. The smallest absolute Gasteiger partial charge is 0.161 e. The number of Topliss-reactive ketones (excluding diaryl/α,β-unsaturated/α-hetero) is 1. The highest BCUT2D eigenvalue weighted by Crippen LogP contribution is 2.71. The van der Waals surface area contributed by atoms with E-state index in [0.29, 0.717) is 17.9 Å². The van der Waals surface area contributed by atoms with Crippen LogP contribution in [-0.2, 0) is 9.59 Å². The maximum Gasteiger partial charge on any atom is 0.161 e. The molecule has 0 aromatic heterocycles. The van der Waals surface area contributed by atoms with Crippen molar-refractivity contribution in [3.8, 4) is 0 Å². The summed E-state index contributed by atoms with van der Waals surface area (Å²) in [6.45, 7) is 5.68. The second kappa shape index (κ2) is 4.76. The fourth-order valence-electron chi connectivity index (χ4n) is 7.56. The Kier molecular flexibility index (Phi) is 3.08. The summed E-state index contributed by atoms with van der Waals surface area (Å²) in [5, 5.41) is 11.2. The van der Waals surface area contributed by atoms with E-state index in [0.717, 1.165) is 25.7 Å². The van der Waals surface area contributed by atoms with E-state index in [1.165, 1.54) is 6.92 Å². The Bertz CT molecular complexity index is 797. The molecule has 3 fully saturated rings. The van der Waals surface area contributed by atoms with Gasteiger partial charge in [0, 0.05) is 16.7 Å². The number of ketones is 2. The van der Waals surface area contributed by atoms with Gasteiger partial charge in [-0.2, -0.15) is 0 Å². The zero-order chi connectivity index (χ0) is 18.6. The van der Waals surface area contributed by atoms with Crippen molar-refractivity contribution in [2.24, 2.45) is 40.4 Å². The van der Waals surface area contributed by atoms with Gasteiger partial charge in [-0.25, -0.2) is 4.39 Å². The first kappa shape index (κ1) is 16.9. The van der Waals surface area contributed by atoms with Gasteiger partial charge < -0.3 is 5.11 Å². The van der Waals surface area contributed by atoms with Crippen LogP contribution in [0.25, 0.3) is 0 Å². The molecule has 26 heavy (non-hydrogen) atoms. The van der Waals surface area contributed by atoms with Crippen LogP contribution in [0.2, 0.25) is 0 Å². The van der Waals surface area contributed by atoms with Crippen molar-refractivity contribution < 1.29 is 19.1 Å². The van der Waals surface area contributed by atoms with Gasteiger partial charge in [-0.15, -0.1) is 0 Å². The molecule has 5 rings (SSSR count). The third-order valence-electron chi connectivity index (χ3n) is 9.23. The van der Waals surface area contributed by atoms with E-state index < -0.39 is 11.0 Å². The summed E-state index contributed by atoms with van der Waals surface area (Å²) in [4.78, 5) is 24.4. The summed E-state index contributed by atoms with van der Waals surface area (Å²) < 4.78 is 15.1. The molecule has 8 atom stereocenters. The molecule has 140 valence electrons. The molecule has 1 N–H and O–H groups in total. The topological polar surface area (TPSA) is 54.4 Å². The molecular formula is C22H27FO3. The first-order chi connectivity index (χ1) is 12.1. The molecule has 0 amide bonds. The minimum Gasteiger partial charge on any atom is -0.382 e. The van der Waals surface area contributed by atoms with Crippen LogP contribution in [0, 0.1) is 40.4 Å². The van der Waals surface area contributed by atoms with Crippen LogP contribution >= 0.6 is 0 Å². The van der Waals surface area contributed by atoms with Crippen molar-refractivity contribution in [3.05, 3.63) is 23.6 Å². The molecule has 5 aliphatic carbocycles. The number of carbonyl (C=O) groups is 2. The molecule has 3 saturated carbocycles. The largest absolute Gasteiger partial charge is 0.382 e. The minimum atomic E-state index is -1.28. The quantitative estimate of drug-likeness (QED) is 0.776. The van der Waals surface area contributed by atoms with Crippen molar-refractivity contribution in [2.45, 2.75) is 58.5 Å². The number of allylic oxidation sites excluding steroid dienone is 4. The molecule has 0 aromatic carbocycles. The number of fused-ring (bicyclic) bond motifs is 7. The fourth-order valence-corrected chi connectivity index (χ4v) is 7.56. The van der Waals surface area contributed by atoms with Crippen LogP contribution in [0.5, 0.6) is 0 Å². The Morgan fingerprint density at radius 3 is 2.58 bits per heavy atom. The predicted molar refractivity (Wildman–Crippen MR) is 94.7 cm³/mol. The van der Waals surface area contributed by atoms with Crippen molar-refractivity contribution in [2.75, 3.05) is 0 Å². The first-order valence-corrected chi connectivity index (χ1v) is 10.0. The van der Waals surface area contributed by atoms with Crippen LogP contribution in [-0.4, -0.2) is 22.3 Å². The van der Waals surface area contributed by atoms with Gasteiger partial charge >= 0.3 is 0 Å². The van der Waals surface area contributed by atoms with Crippen molar-refractivity contribution in [1.29, 1.82) is 0 Å². The lowest BCUT2D eigenvalue weighted by Crippen LogP contribution is -2.57. The standard InChI is InChI=1S/C22H27FO3/c1-11(24)22(26)7-5-14-12-9-18(23)17-10-19(25)13-8-16(13)21(17,3)15(12)4-6-20(14,22)2/h9-10,12-16,26H,4-8H2,1-3H3/t12-,13-,14-,15+,16+,20-,21+,22-/m0/s1. The Morgan fingerprint density at radius 2 is 1.88 bits per heavy atom. The van der Waals surface area contributed by atoms with Gasteiger partial charge in [0.15, 0.2) is 11.6 Å². The van der Waals surface area contributed by atoms with Gasteiger partial charge in [-0.3, -0.25) is 9.59 Å². The Balaban J connectivity index is 1.62. The number of carbonyl (C=O) groups excluding carboxylic acids is 2.